The quantitative estimate of drug-likeness (QED) is 0.845. The van der Waals surface area contributed by atoms with Gasteiger partial charge in [-0.1, -0.05) is 0 Å². The van der Waals surface area contributed by atoms with Gasteiger partial charge in [0.15, 0.2) is 0 Å². The average molecular weight is 339 g/mol. The second-order valence-electron chi connectivity index (χ2n) is 4.72. The molecule has 2 N–H and O–H groups in total. The third-order valence-corrected chi connectivity index (χ3v) is 5.34. The molecule has 3 rings (SSSR count). The Hall–Kier alpha value is -0.780. The lowest BCUT2D eigenvalue weighted by Crippen LogP contribution is -2.13. The summed E-state index contributed by atoms with van der Waals surface area (Å²) in [5.41, 5.74) is 7.78. The Balaban J connectivity index is 2.02. The first-order valence-electron chi connectivity index (χ1n) is 6.27. The molecule has 1 aliphatic heterocycles. The van der Waals surface area contributed by atoms with Crippen LogP contribution in [0.2, 0.25) is 0 Å². The molecule has 100 valence electrons. The highest BCUT2D eigenvalue weighted by Crippen LogP contribution is 2.37. The Morgan fingerprint density at radius 2 is 2.32 bits per heavy atom. The van der Waals surface area contributed by atoms with Crippen LogP contribution in [0.25, 0.3) is 10.9 Å². The molecule has 0 amide bonds. The monoisotopic (exact) mass is 338 g/mol. The van der Waals surface area contributed by atoms with Crippen LogP contribution in [-0.2, 0) is 4.74 Å². The zero-order valence-electron chi connectivity index (χ0n) is 10.6. The first-order valence-corrected chi connectivity index (χ1v) is 7.94. The number of hydrogen-bond acceptors (Lipinski definition) is 4. The number of nitrogen functional groups attached to an aromatic ring is 1. The molecule has 3 nitrogen and oxygen atoms in total. The first-order chi connectivity index (χ1) is 9.15. The maximum Gasteiger partial charge on any atom is 0.0859 e. The number of hydrogen-bond donors (Lipinski definition) is 1. The summed E-state index contributed by atoms with van der Waals surface area (Å²) in [6.07, 6.45) is 3.21. The SMILES string of the molecule is CC1OCCC1Sc1ccc(N)c2cc(Br)cnc12. The molecule has 1 fully saturated rings. The minimum absolute atomic E-state index is 0.299. The highest BCUT2D eigenvalue weighted by molar-refractivity contribution is 9.10. The van der Waals surface area contributed by atoms with Crippen LogP contribution < -0.4 is 5.73 Å². The van der Waals surface area contributed by atoms with Crippen LogP contribution in [0.1, 0.15) is 13.3 Å². The van der Waals surface area contributed by atoms with Crippen molar-refractivity contribution in [2.75, 3.05) is 12.3 Å². The van der Waals surface area contributed by atoms with Gasteiger partial charge in [0.05, 0.1) is 11.6 Å². The molecule has 2 unspecified atom stereocenters. The van der Waals surface area contributed by atoms with E-state index in [4.69, 9.17) is 10.5 Å². The summed E-state index contributed by atoms with van der Waals surface area (Å²) >= 11 is 5.29. The van der Waals surface area contributed by atoms with Crippen molar-refractivity contribution in [3.05, 3.63) is 28.9 Å². The van der Waals surface area contributed by atoms with E-state index in [-0.39, 0.29) is 0 Å². The molecule has 1 saturated heterocycles. The van der Waals surface area contributed by atoms with Gasteiger partial charge in [0, 0.05) is 38.5 Å². The summed E-state index contributed by atoms with van der Waals surface area (Å²) in [6, 6.07) is 6.05. The molecule has 0 saturated carbocycles. The van der Waals surface area contributed by atoms with E-state index >= 15 is 0 Å². The van der Waals surface area contributed by atoms with E-state index in [1.807, 2.05) is 30.1 Å². The minimum Gasteiger partial charge on any atom is -0.398 e. The zero-order valence-corrected chi connectivity index (χ0v) is 13.0. The molecule has 1 aromatic carbocycles. The standard InChI is InChI=1S/C14H15BrN2OS/c1-8-12(4-5-18-8)19-13-3-2-11(16)10-6-9(15)7-17-14(10)13/h2-3,6-8,12H,4-5,16H2,1H3. The van der Waals surface area contributed by atoms with Crippen molar-refractivity contribution in [2.45, 2.75) is 29.6 Å². The van der Waals surface area contributed by atoms with E-state index < -0.39 is 0 Å². The van der Waals surface area contributed by atoms with E-state index in [2.05, 4.69) is 33.9 Å². The molecular weight excluding hydrogens is 324 g/mol. The van der Waals surface area contributed by atoms with Crippen LogP contribution in [0.15, 0.2) is 33.8 Å². The minimum atomic E-state index is 0.299. The van der Waals surface area contributed by atoms with Gasteiger partial charge in [-0.2, -0.15) is 0 Å². The fraction of sp³-hybridized carbons (Fsp3) is 0.357. The Labute approximate surface area is 125 Å². The van der Waals surface area contributed by atoms with E-state index in [1.165, 1.54) is 4.90 Å². The molecule has 0 aliphatic carbocycles. The number of pyridine rings is 1. The number of halogens is 1. The van der Waals surface area contributed by atoms with Gasteiger partial charge in [-0.15, -0.1) is 11.8 Å². The van der Waals surface area contributed by atoms with Gasteiger partial charge in [0.25, 0.3) is 0 Å². The summed E-state index contributed by atoms with van der Waals surface area (Å²) in [6.45, 7) is 2.99. The van der Waals surface area contributed by atoms with E-state index in [1.54, 1.807) is 0 Å². The maximum atomic E-state index is 6.03. The molecule has 19 heavy (non-hydrogen) atoms. The molecule has 0 radical (unpaired) electrons. The second kappa shape index (κ2) is 5.31. The van der Waals surface area contributed by atoms with Gasteiger partial charge in [0.2, 0.25) is 0 Å². The number of fused-ring (bicyclic) bond motifs is 1. The highest BCUT2D eigenvalue weighted by atomic mass is 79.9. The summed E-state index contributed by atoms with van der Waals surface area (Å²) in [7, 11) is 0. The predicted molar refractivity (Wildman–Crippen MR) is 83.5 cm³/mol. The van der Waals surface area contributed by atoms with Crippen LogP contribution in [0, 0.1) is 0 Å². The van der Waals surface area contributed by atoms with E-state index in [0.29, 0.717) is 11.4 Å². The number of ether oxygens (including phenoxy) is 1. The predicted octanol–water partition coefficient (Wildman–Crippen LogP) is 3.85. The van der Waals surface area contributed by atoms with Crippen molar-refractivity contribution in [1.29, 1.82) is 0 Å². The summed E-state index contributed by atoms with van der Waals surface area (Å²) in [5.74, 6) is 0. The molecule has 2 aromatic rings. The average Bonchev–Trinajstić information content (AvgIpc) is 2.79. The lowest BCUT2D eigenvalue weighted by atomic mass is 10.2. The fourth-order valence-corrected chi connectivity index (χ4v) is 3.88. The summed E-state index contributed by atoms with van der Waals surface area (Å²) in [4.78, 5) is 5.70. The topological polar surface area (TPSA) is 48.1 Å². The van der Waals surface area contributed by atoms with Crippen molar-refractivity contribution in [2.24, 2.45) is 0 Å². The highest BCUT2D eigenvalue weighted by Gasteiger charge is 2.26. The number of rotatable bonds is 2. The van der Waals surface area contributed by atoms with Gasteiger partial charge in [0.1, 0.15) is 0 Å². The van der Waals surface area contributed by atoms with Crippen LogP contribution in [0.3, 0.4) is 0 Å². The molecular formula is C14H15BrN2OS. The zero-order chi connectivity index (χ0) is 13.4. The van der Waals surface area contributed by atoms with Gasteiger partial charge in [-0.25, -0.2) is 0 Å². The van der Waals surface area contributed by atoms with Crippen molar-refractivity contribution >= 4 is 44.3 Å². The first kappa shape index (κ1) is 13.2. The lowest BCUT2D eigenvalue weighted by Gasteiger charge is -2.15. The Bertz CT molecular complexity index is 620. The molecule has 0 bridgehead atoms. The van der Waals surface area contributed by atoms with Crippen molar-refractivity contribution in [3.63, 3.8) is 0 Å². The Kier molecular flexibility index (Phi) is 3.69. The molecule has 2 heterocycles. The number of benzene rings is 1. The van der Waals surface area contributed by atoms with Gasteiger partial charge < -0.3 is 10.5 Å². The van der Waals surface area contributed by atoms with Crippen molar-refractivity contribution < 1.29 is 4.74 Å². The number of aromatic nitrogens is 1. The molecule has 0 spiro atoms. The van der Waals surface area contributed by atoms with Gasteiger partial charge in [-0.05, 0) is 47.5 Å². The largest absolute Gasteiger partial charge is 0.398 e. The van der Waals surface area contributed by atoms with Crippen LogP contribution in [-0.4, -0.2) is 22.9 Å². The second-order valence-corrected chi connectivity index (χ2v) is 6.92. The van der Waals surface area contributed by atoms with Gasteiger partial charge >= 0.3 is 0 Å². The number of anilines is 1. The molecule has 1 aromatic heterocycles. The number of nitrogens with zero attached hydrogens (tertiary/aromatic N) is 1. The summed E-state index contributed by atoms with van der Waals surface area (Å²) < 4.78 is 6.57. The molecule has 2 atom stereocenters. The third kappa shape index (κ3) is 2.59. The van der Waals surface area contributed by atoms with Crippen LogP contribution in [0.5, 0.6) is 0 Å². The number of nitrogens with two attached hydrogens (primary N) is 1. The Morgan fingerprint density at radius 3 is 3.05 bits per heavy atom. The summed E-state index contributed by atoms with van der Waals surface area (Å²) in [5, 5.41) is 1.50. The Morgan fingerprint density at radius 1 is 1.47 bits per heavy atom. The van der Waals surface area contributed by atoms with Gasteiger partial charge in [-0.3, -0.25) is 4.98 Å². The lowest BCUT2D eigenvalue weighted by molar-refractivity contribution is 0.127. The van der Waals surface area contributed by atoms with E-state index in [9.17, 15) is 0 Å². The molecule has 1 aliphatic rings. The normalized spacial score (nSPS) is 23.1. The fourth-order valence-electron chi connectivity index (χ4n) is 2.31. The van der Waals surface area contributed by atoms with Crippen LogP contribution >= 0.6 is 27.7 Å². The smallest absolute Gasteiger partial charge is 0.0859 e. The van der Waals surface area contributed by atoms with Crippen molar-refractivity contribution in [1.82, 2.24) is 4.98 Å². The number of thioether (sulfide) groups is 1. The maximum absolute atomic E-state index is 6.03. The molecule has 5 heteroatoms. The van der Waals surface area contributed by atoms with Crippen LogP contribution in [0.4, 0.5) is 5.69 Å². The van der Waals surface area contributed by atoms with Crippen molar-refractivity contribution in [3.8, 4) is 0 Å². The van der Waals surface area contributed by atoms with E-state index in [0.717, 1.165) is 34.1 Å². The third-order valence-electron chi connectivity index (χ3n) is 3.40.